The standard InChI is InChI=1S/C41H26N4OS.C39H26N4O.C34H23N5O/c1-41(2)29-17-6-3-13-25(29)34-28(22-32-35(36(34)41)26-14-4-7-19-31(26)46-32)39-43-38(44-40(45-39)30-18-9-10-21-42-30)27-16-11-15-24-23-12-5-8-20-33(23)47-37(24)27;1-39(2)30-22-25(16-17-27(30)28-18-19-32-33(34(28)39)29-14-8-9-15-31(29)44-32)37-41-36(24-11-4-3-5-12-24)42-38(43-37)35-26-13-7-6-10-23(26)20-21-40-35;1-34(2)24-15-13-20(19-23(24)21-14-16-28-29(30(21)34)22-9-3-4-12-27(22)40-28)31-37-32(25-10-5-7-17-35-25)39-33(38-31)26-11-6-8-18-36-26/h3-22H,1-2H3;3-22H,1-2H3;3-19H,1-2H3. The Labute approximate surface area is 755 Å². The Hall–Kier alpha value is -16.6. The maximum atomic E-state index is 6.57. The second kappa shape index (κ2) is 29.7. The number of thiophene rings is 1. The first-order valence-corrected chi connectivity index (χ1v) is 44.6. The molecular formula is C114H75N13O3S. The normalized spacial score (nSPS) is 13.5. The summed E-state index contributed by atoms with van der Waals surface area (Å²) in [6.45, 7) is 13.8. The predicted octanol–water partition coefficient (Wildman–Crippen LogP) is 28.3. The predicted molar refractivity (Wildman–Crippen MR) is 525 cm³/mol. The van der Waals surface area contributed by atoms with Crippen LogP contribution in [-0.2, 0) is 16.2 Å². The van der Waals surface area contributed by atoms with Gasteiger partial charge in [0.2, 0.25) is 0 Å². The van der Waals surface area contributed by atoms with E-state index in [0.717, 1.165) is 110 Å². The van der Waals surface area contributed by atoms with Gasteiger partial charge < -0.3 is 13.3 Å². The third-order valence-corrected chi connectivity index (χ3v) is 27.6. The second-order valence-corrected chi connectivity index (χ2v) is 36.1. The SMILES string of the molecule is CC1(C)c2cc(-c3nc(-c4ccccc4)nc(-c4nccc5ccccc45)n3)ccc2-c2ccc3oc4ccccc4c3c21.CC1(C)c2ccc(-c3nc(-c4ccccn4)nc(-c4ccccn4)n3)cc2-c2ccc3oc4ccccc4c3c21.CC1(C)c2ccccc2-c2c(-c3nc(-c4ccccn4)nc(-c4cccc5c4sc4ccccc45)n3)cc3oc4ccccc4c3c21. The number of aromatic nitrogens is 13. The van der Waals surface area contributed by atoms with Gasteiger partial charge in [-0.3, -0.25) is 19.9 Å². The van der Waals surface area contributed by atoms with Crippen molar-refractivity contribution in [3.05, 3.63) is 380 Å². The smallest absolute Gasteiger partial charge is 0.183 e. The van der Waals surface area contributed by atoms with E-state index >= 15 is 0 Å². The van der Waals surface area contributed by atoms with E-state index in [1.54, 1.807) is 29.9 Å². The number of pyridine rings is 4. The average molecular weight is 1710 g/mol. The van der Waals surface area contributed by atoms with Crippen molar-refractivity contribution in [3.63, 3.8) is 0 Å². The van der Waals surface area contributed by atoms with Crippen LogP contribution in [-0.4, -0.2) is 64.8 Å². The van der Waals surface area contributed by atoms with Crippen LogP contribution in [0.5, 0.6) is 0 Å². The minimum absolute atomic E-state index is 0.202. The van der Waals surface area contributed by atoms with Crippen molar-refractivity contribution in [2.24, 2.45) is 0 Å². The highest BCUT2D eigenvalue weighted by Crippen LogP contribution is 2.59. The third kappa shape index (κ3) is 12.4. The maximum absolute atomic E-state index is 6.57. The Balaban J connectivity index is 0.000000106. The summed E-state index contributed by atoms with van der Waals surface area (Å²) >= 11 is 1.77. The number of nitrogens with zero attached hydrogens (tertiary/aromatic N) is 13. The fraction of sp³-hybridized carbons (Fsp3) is 0.0789. The first-order chi connectivity index (χ1) is 64.2. The molecule has 27 rings (SSSR count). The Bertz CT molecular complexity index is 8790. The molecule has 11 aromatic heterocycles. The molecule has 0 radical (unpaired) electrons. The van der Waals surface area contributed by atoms with Crippen LogP contribution in [0.4, 0.5) is 0 Å². The first kappa shape index (κ1) is 76.8. The molecule has 0 fully saturated rings. The van der Waals surface area contributed by atoms with E-state index in [2.05, 4.69) is 238 Å². The molecule has 24 aromatic rings. The molecule has 0 unspecified atom stereocenters. The van der Waals surface area contributed by atoms with Gasteiger partial charge in [0, 0.05) is 127 Å². The lowest BCUT2D eigenvalue weighted by atomic mass is 9.80. The summed E-state index contributed by atoms with van der Waals surface area (Å²) in [6, 6.07) is 110. The van der Waals surface area contributed by atoms with Crippen LogP contribution in [0.2, 0.25) is 0 Å². The topological polar surface area (TPSA) is 207 Å². The Morgan fingerprint density at radius 1 is 0.237 bits per heavy atom. The lowest BCUT2D eigenvalue weighted by molar-refractivity contribution is 0.657. The lowest BCUT2D eigenvalue weighted by Gasteiger charge is -2.22. The van der Waals surface area contributed by atoms with Crippen LogP contribution in [0.15, 0.2) is 360 Å². The maximum Gasteiger partial charge on any atom is 0.183 e. The van der Waals surface area contributed by atoms with Crippen molar-refractivity contribution in [1.29, 1.82) is 0 Å². The molecule has 0 saturated heterocycles. The van der Waals surface area contributed by atoms with Gasteiger partial charge in [0.15, 0.2) is 52.4 Å². The lowest BCUT2D eigenvalue weighted by Crippen LogP contribution is -2.15. The van der Waals surface area contributed by atoms with Crippen LogP contribution < -0.4 is 0 Å². The van der Waals surface area contributed by atoms with E-state index in [1.807, 2.05) is 146 Å². The second-order valence-electron chi connectivity index (χ2n) is 35.1. The van der Waals surface area contributed by atoms with Gasteiger partial charge in [-0.25, -0.2) is 44.9 Å². The van der Waals surface area contributed by atoms with Crippen molar-refractivity contribution in [1.82, 2.24) is 64.8 Å². The fourth-order valence-corrected chi connectivity index (χ4v) is 21.6. The molecule has 0 bridgehead atoms. The Morgan fingerprint density at radius 3 is 1.31 bits per heavy atom. The number of para-hydroxylation sites is 3. The van der Waals surface area contributed by atoms with Crippen molar-refractivity contribution < 1.29 is 13.3 Å². The monoisotopic (exact) mass is 1710 g/mol. The van der Waals surface area contributed by atoms with Gasteiger partial charge in [-0.15, -0.1) is 11.3 Å². The fourth-order valence-electron chi connectivity index (χ4n) is 20.4. The Kier molecular flexibility index (Phi) is 17.4. The molecule has 0 N–H and O–H groups in total. The molecule has 131 heavy (non-hydrogen) atoms. The zero-order valence-corrected chi connectivity index (χ0v) is 72.7. The largest absolute Gasteiger partial charge is 0.456 e. The van der Waals surface area contributed by atoms with E-state index in [0.29, 0.717) is 69.5 Å². The Morgan fingerprint density at radius 2 is 0.679 bits per heavy atom. The van der Waals surface area contributed by atoms with Gasteiger partial charge in [0.25, 0.3) is 0 Å². The zero-order chi connectivity index (χ0) is 87.5. The summed E-state index contributed by atoms with van der Waals surface area (Å²) in [4.78, 5) is 63.4. The quantitative estimate of drug-likeness (QED) is 0.132. The molecule has 11 heterocycles. The van der Waals surface area contributed by atoms with Crippen molar-refractivity contribution in [2.75, 3.05) is 0 Å². The number of rotatable bonds is 9. The summed E-state index contributed by atoms with van der Waals surface area (Å²) < 4.78 is 21.5. The van der Waals surface area contributed by atoms with Crippen LogP contribution >= 0.6 is 11.3 Å². The average Bonchev–Trinajstić information content (AvgIpc) is 1.54. The molecule has 13 aromatic carbocycles. The molecule has 0 aliphatic heterocycles. The van der Waals surface area contributed by atoms with Crippen LogP contribution in [0.25, 0.3) is 233 Å². The summed E-state index contributed by atoms with van der Waals surface area (Å²) in [6.07, 6.45) is 7.09. The number of fused-ring (bicyclic) bond motifs is 25. The summed E-state index contributed by atoms with van der Waals surface area (Å²) in [7, 11) is 0. The summed E-state index contributed by atoms with van der Waals surface area (Å²) in [5.41, 5.74) is 27.0. The summed E-state index contributed by atoms with van der Waals surface area (Å²) in [5.74, 6) is 5.16. The molecule has 0 atom stereocenters. The van der Waals surface area contributed by atoms with Gasteiger partial charge in [-0.1, -0.05) is 260 Å². The van der Waals surface area contributed by atoms with Gasteiger partial charge >= 0.3 is 0 Å². The van der Waals surface area contributed by atoms with Crippen molar-refractivity contribution in [3.8, 4) is 136 Å². The number of hydrogen-bond donors (Lipinski definition) is 0. The molecule has 16 nitrogen and oxygen atoms in total. The minimum atomic E-state index is -0.269. The first-order valence-electron chi connectivity index (χ1n) is 43.8. The number of hydrogen-bond acceptors (Lipinski definition) is 17. The third-order valence-electron chi connectivity index (χ3n) is 26.4. The van der Waals surface area contributed by atoms with Gasteiger partial charge in [0.05, 0.1) is 0 Å². The van der Waals surface area contributed by atoms with E-state index in [4.69, 9.17) is 63.1 Å². The van der Waals surface area contributed by atoms with Gasteiger partial charge in [-0.2, -0.15) is 0 Å². The van der Waals surface area contributed by atoms with Crippen molar-refractivity contribution in [2.45, 2.75) is 57.8 Å². The van der Waals surface area contributed by atoms with Crippen LogP contribution in [0, 0.1) is 0 Å². The molecule has 0 saturated carbocycles. The number of furan rings is 3. The molecule has 0 amide bonds. The molecule has 3 aliphatic rings. The highest BCUT2D eigenvalue weighted by Gasteiger charge is 2.43. The number of benzene rings is 13. The molecular weight excluding hydrogens is 1630 g/mol. The van der Waals surface area contributed by atoms with E-state index in [-0.39, 0.29) is 16.2 Å². The van der Waals surface area contributed by atoms with Crippen LogP contribution in [0.1, 0.15) is 74.9 Å². The van der Waals surface area contributed by atoms with Crippen LogP contribution in [0.3, 0.4) is 0 Å². The zero-order valence-electron chi connectivity index (χ0n) is 71.9. The molecule has 620 valence electrons. The van der Waals surface area contributed by atoms with E-state index < -0.39 is 0 Å². The van der Waals surface area contributed by atoms with Gasteiger partial charge in [0.1, 0.15) is 56.3 Å². The van der Waals surface area contributed by atoms with Crippen molar-refractivity contribution >= 4 is 108 Å². The highest BCUT2D eigenvalue weighted by molar-refractivity contribution is 7.26. The van der Waals surface area contributed by atoms with E-state index in [1.165, 1.54) is 87.4 Å². The highest BCUT2D eigenvalue weighted by atomic mass is 32.1. The van der Waals surface area contributed by atoms with Gasteiger partial charge in [-0.05, 0) is 175 Å². The minimum Gasteiger partial charge on any atom is -0.456 e. The molecule has 3 aliphatic carbocycles. The molecule has 0 spiro atoms. The van der Waals surface area contributed by atoms with E-state index in [9.17, 15) is 0 Å². The summed E-state index contributed by atoms with van der Waals surface area (Å²) in [5, 5.41) is 11.5. The molecule has 17 heteroatoms.